The van der Waals surface area contributed by atoms with Gasteiger partial charge in [0.15, 0.2) is 0 Å². The second kappa shape index (κ2) is 9.09. The summed E-state index contributed by atoms with van der Waals surface area (Å²) in [5, 5.41) is 2.93. The van der Waals surface area contributed by atoms with Crippen LogP contribution < -0.4 is 10.2 Å². The van der Waals surface area contributed by atoms with Crippen LogP contribution >= 0.6 is 0 Å². The van der Waals surface area contributed by atoms with Crippen molar-refractivity contribution < 1.29 is 14.3 Å². The molecular formula is C23H27N3O3. The zero-order valence-corrected chi connectivity index (χ0v) is 16.5. The van der Waals surface area contributed by atoms with Gasteiger partial charge in [-0.05, 0) is 49.1 Å². The Hall–Kier alpha value is -2.86. The Labute approximate surface area is 171 Å². The smallest absolute Gasteiger partial charge is 0.324 e. The first-order valence-electron chi connectivity index (χ1n) is 10.3. The van der Waals surface area contributed by atoms with Gasteiger partial charge in [-0.1, -0.05) is 30.3 Å². The van der Waals surface area contributed by atoms with E-state index in [-0.39, 0.29) is 18.0 Å². The van der Waals surface area contributed by atoms with E-state index < -0.39 is 0 Å². The Balaban J connectivity index is 1.37. The lowest BCUT2D eigenvalue weighted by Gasteiger charge is -2.35. The number of ether oxygens (including phenoxy) is 1. The zero-order valence-electron chi connectivity index (χ0n) is 16.5. The predicted molar refractivity (Wildman–Crippen MR) is 112 cm³/mol. The summed E-state index contributed by atoms with van der Waals surface area (Å²) in [7, 11) is 0. The number of hydrogen-bond acceptors (Lipinski definition) is 3. The van der Waals surface area contributed by atoms with Gasteiger partial charge in [-0.3, -0.25) is 9.69 Å². The highest BCUT2D eigenvalue weighted by Crippen LogP contribution is 2.22. The number of urea groups is 1. The molecule has 0 aromatic heterocycles. The van der Waals surface area contributed by atoms with Crippen LogP contribution in [0.2, 0.25) is 0 Å². The lowest BCUT2D eigenvalue weighted by Crippen LogP contribution is -2.49. The normalized spacial score (nSPS) is 19.4. The first kappa shape index (κ1) is 19.5. The van der Waals surface area contributed by atoms with Crippen molar-refractivity contribution in [2.24, 2.45) is 0 Å². The molecule has 4 rings (SSSR count). The van der Waals surface area contributed by atoms with Crippen molar-refractivity contribution >= 4 is 17.6 Å². The highest BCUT2D eigenvalue weighted by molar-refractivity contribution is 5.96. The SMILES string of the molecule is O=C(NC[C@@H]1CCCO1)c1ccc(N2CCCN(Cc3ccccc3)C2=O)cc1. The van der Waals surface area contributed by atoms with Crippen molar-refractivity contribution in [1.82, 2.24) is 10.2 Å². The molecule has 2 heterocycles. The van der Waals surface area contributed by atoms with Crippen LogP contribution in [0.3, 0.4) is 0 Å². The average molecular weight is 393 g/mol. The van der Waals surface area contributed by atoms with E-state index in [0.29, 0.717) is 25.2 Å². The summed E-state index contributed by atoms with van der Waals surface area (Å²) < 4.78 is 5.54. The quantitative estimate of drug-likeness (QED) is 0.818. The van der Waals surface area contributed by atoms with E-state index in [4.69, 9.17) is 4.74 Å². The van der Waals surface area contributed by atoms with E-state index in [9.17, 15) is 9.59 Å². The van der Waals surface area contributed by atoms with Gasteiger partial charge in [0.25, 0.3) is 5.91 Å². The molecule has 1 atom stereocenters. The number of amides is 3. The molecule has 2 aliphatic rings. The van der Waals surface area contributed by atoms with Crippen molar-refractivity contribution in [3.8, 4) is 0 Å². The minimum atomic E-state index is -0.109. The number of nitrogens with one attached hydrogen (secondary N) is 1. The van der Waals surface area contributed by atoms with E-state index in [1.165, 1.54) is 0 Å². The second-order valence-electron chi connectivity index (χ2n) is 7.59. The average Bonchev–Trinajstić information content (AvgIpc) is 3.28. The summed E-state index contributed by atoms with van der Waals surface area (Å²) >= 11 is 0. The second-order valence-corrected chi connectivity index (χ2v) is 7.59. The Bertz CT molecular complexity index is 832. The Morgan fingerprint density at radius 3 is 2.55 bits per heavy atom. The summed E-state index contributed by atoms with van der Waals surface area (Å²) in [6.07, 6.45) is 3.10. The number of rotatable bonds is 6. The van der Waals surface area contributed by atoms with Gasteiger partial charge in [0.1, 0.15) is 0 Å². The molecule has 6 heteroatoms. The molecule has 0 saturated carbocycles. The van der Waals surface area contributed by atoms with E-state index in [1.54, 1.807) is 17.0 Å². The van der Waals surface area contributed by atoms with E-state index in [1.807, 2.05) is 47.4 Å². The third-order valence-electron chi connectivity index (χ3n) is 5.48. The Kier molecular flexibility index (Phi) is 6.10. The topological polar surface area (TPSA) is 61.9 Å². The molecule has 2 saturated heterocycles. The number of benzene rings is 2. The van der Waals surface area contributed by atoms with Crippen LogP contribution in [-0.4, -0.2) is 49.2 Å². The lowest BCUT2D eigenvalue weighted by molar-refractivity contribution is 0.0858. The maximum Gasteiger partial charge on any atom is 0.324 e. The first-order valence-corrected chi connectivity index (χ1v) is 10.3. The molecule has 0 bridgehead atoms. The highest BCUT2D eigenvalue weighted by atomic mass is 16.5. The zero-order chi connectivity index (χ0) is 20.1. The highest BCUT2D eigenvalue weighted by Gasteiger charge is 2.27. The molecule has 1 N–H and O–H groups in total. The number of anilines is 1. The largest absolute Gasteiger partial charge is 0.376 e. The van der Waals surface area contributed by atoms with Crippen molar-refractivity contribution in [2.75, 3.05) is 31.1 Å². The third kappa shape index (κ3) is 4.77. The number of carbonyl (C=O) groups is 2. The minimum absolute atomic E-state index is 0.00990. The van der Waals surface area contributed by atoms with Gasteiger partial charge < -0.3 is 15.0 Å². The first-order chi connectivity index (χ1) is 14.2. The van der Waals surface area contributed by atoms with Crippen molar-refractivity contribution in [3.63, 3.8) is 0 Å². The molecule has 2 aliphatic heterocycles. The van der Waals surface area contributed by atoms with Crippen LogP contribution in [0.15, 0.2) is 54.6 Å². The maximum absolute atomic E-state index is 13.0. The molecule has 152 valence electrons. The van der Waals surface area contributed by atoms with Crippen LogP contribution in [-0.2, 0) is 11.3 Å². The molecule has 3 amide bonds. The maximum atomic E-state index is 13.0. The van der Waals surface area contributed by atoms with Crippen LogP contribution in [0.1, 0.15) is 35.2 Å². The predicted octanol–water partition coefficient (Wildman–Crippen LogP) is 3.43. The number of nitrogens with zero attached hydrogens (tertiary/aromatic N) is 2. The van der Waals surface area contributed by atoms with Crippen LogP contribution in [0, 0.1) is 0 Å². The summed E-state index contributed by atoms with van der Waals surface area (Å²) in [4.78, 5) is 29.0. The van der Waals surface area contributed by atoms with Crippen molar-refractivity contribution in [2.45, 2.75) is 31.9 Å². The van der Waals surface area contributed by atoms with Gasteiger partial charge >= 0.3 is 6.03 Å². The molecule has 2 aromatic rings. The fourth-order valence-corrected chi connectivity index (χ4v) is 3.88. The standard InChI is InChI=1S/C23H27N3O3/c27-22(24-16-21-8-4-15-29-21)19-9-11-20(12-10-19)26-14-5-13-25(23(26)28)17-18-6-2-1-3-7-18/h1-3,6-7,9-12,21H,4-5,8,13-17H2,(H,24,27)/t21-/m0/s1. The molecule has 0 unspecified atom stereocenters. The van der Waals surface area contributed by atoms with Crippen molar-refractivity contribution in [1.29, 1.82) is 0 Å². The summed E-state index contributed by atoms with van der Waals surface area (Å²) in [5.74, 6) is -0.109. The number of carbonyl (C=O) groups excluding carboxylic acids is 2. The Morgan fingerprint density at radius 1 is 1.03 bits per heavy atom. The fourth-order valence-electron chi connectivity index (χ4n) is 3.88. The molecule has 29 heavy (non-hydrogen) atoms. The van der Waals surface area contributed by atoms with E-state index >= 15 is 0 Å². The van der Waals surface area contributed by atoms with Gasteiger partial charge in [0, 0.05) is 44.0 Å². The molecular weight excluding hydrogens is 366 g/mol. The summed E-state index contributed by atoms with van der Waals surface area (Å²) in [6, 6.07) is 17.3. The van der Waals surface area contributed by atoms with E-state index in [0.717, 1.165) is 43.7 Å². The molecule has 0 radical (unpaired) electrons. The molecule has 2 aromatic carbocycles. The van der Waals surface area contributed by atoms with Crippen LogP contribution in [0.25, 0.3) is 0 Å². The van der Waals surface area contributed by atoms with Crippen molar-refractivity contribution in [3.05, 3.63) is 65.7 Å². The molecule has 0 spiro atoms. The fraction of sp³-hybridized carbons (Fsp3) is 0.391. The summed E-state index contributed by atoms with van der Waals surface area (Å²) in [6.45, 7) is 3.38. The van der Waals surface area contributed by atoms with E-state index in [2.05, 4.69) is 5.32 Å². The van der Waals surface area contributed by atoms with Crippen LogP contribution in [0.5, 0.6) is 0 Å². The minimum Gasteiger partial charge on any atom is -0.376 e. The Morgan fingerprint density at radius 2 is 1.83 bits per heavy atom. The van der Waals surface area contributed by atoms with Gasteiger partial charge in [0.05, 0.1) is 6.10 Å². The van der Waals surface area contributed by atoms with Gasteiger partial charge in [0.2, 0.25) is 0 Å². The molecule has 0 aliphatic carbocycles. The van der Waals surface area contributed by atoms with Gasteiger partial charge in [-0.15, -0.1) is 0 Å². The molecule has 6 nitrogen and oxygen atoms in total. The lowest BCUT2D eigenvalue weighted by atomic mass is 10.1. The van der Waals surface area contributed by atoms with Gasteiger partial charge in [-0.25, -0.2) is 4.79 Å². The van der Waals surface area contributed by atoms with Crippen LogP contribution in [0.4, 0.5) is 10.5 Å². The third-order valence-corrected chi connectivity index (χ3v) is 5.48. The van der Waals surface area contributed by atoms with Gasteiger partial charge in [-0.2, -0.15) is 0 Å². The monoisotopic (exact) mass is 393 g/mol. The summed E-state index contributed by atoms with van der Waals surface area (Å²) in [5.41, 5.74) is 2.54. The number of hydrogen-bond donors (Lipinski definition) is 1. The molecule has 2 fully saturated rings.